The van der Waals surface area contributed by atoms with Crippen molar-refractivity contribution in [1.82, 2.24) is 4.90 Å². The van der Waals surface area contributed by atoms with Crippen LogP contribution in [-0.2, 0) is 0 Å². The number of nitrogens with two attached hydrogens (primary N) is 1. The molecule has 1 saturated heterocycles. The first-order valence-electron chi connectivity index (χ1n) is 7.64. The molecule has 2 aliphatic rings. The molecular formula is C16H24N2O3. The molecule has 5 heteroatoms. The highest BCUT2D eigenvalue weighted by Gasteiger charge is 2.28. The smallest absolute Gasteiger partial charge is 0.231 e. The van der Waals surface area contributed by atoms with Crippen LogP contribution in [0.1, 0.15) is 31.4 Å². The van der Waals surface area contributed by atoms with Gasteiger partial charge >= 0.3 is 0 Å². The van der Waals surface area contributed by atoms with Crippen LogP contribution >= 0.6 is 0 Å². The zero-order chi connectivity index (χ0) is 14.8. The van der Waals surface area contributed by atoms with Crippen LogP contribution in [0.15, 0.2) is 12.1 Å². The van der Waals surface area contributed by atoms with E-state index >= 15 is 0 Å². The zero-order valence-corrected chi connectivity index (χ0v) is 12.8. The summed E-state index contributed by atoms with van der Waals surface area (Å²) in [6.07, 6.45) is 2.54. The molecule has 5 nitrogen and oxygen atoms in total. The molecule has 0 aromatic heterocycles. The number of hydrogen-bond acceptors (Lipinski definition) is 5. The molecule has 2 N–H and O–H groups in total. The van der Waals surface area contributed by atoms with E-state index in [1.54, 1.807) is 7.11 Å². The van der Waals surface area contributed by atoms with Crippen LogP contribution in [0.3, 0.4) is 0 Å². The maximum atomic E-state index is 6.06. The van der Waals surface area contributed by atoms with Crippen LogP contribution < -0.4 is 19.9 Å². The standard InChI is InChI=1S/C16H24N2O3/c1-11-4-3-5-18(9-11)13(8-17)12-6-14(19-2)16-15(7-12)20-10-21-16/h6-7,11,13H,3-5,8-10,17H2,1-2H3. The average Bonchev–Trinajstić information content (AvgIpc) is 2.96. The summed E-state index contributed by atoms with van der Waals surface area (Å²) in [6, 6.07) is 4.28. The third-order valence-corrected chi connectivity index (χ3v) is 4.42. The summed E-state index contributed by atoms with van der Waals surface area (Å²) in [5.41, 5.74) is 7.21. The fraction of sp³-hybridized carbons (Fsp3) is 0.625. The Bertz CT molecular complexity index is 507. The summed E-state index contributed by atoms with van der Waals surface area (Å²) in [5.74, 6) is 2.91. The van der Waals surface area contributed by atoms with Crippen LogP contribution in [0.5, 0.6) is 17.2 Å². The molecule has 0 aliphatic carbocycles. The van der Waals surface area contributed by atoms with Gasteiger partial charge in [-0.3, -0.25) is 4.90 Å². The van der Waals surface area contributed by atoms with E-state index in [1.165, 1.54) is 12.8 Å². The van der Waals surface area contributed by atoms with Crippen molar-refractivity contribution in [1.29, 1.82) is 0 Å². The fourth-order valence-corrected chi connectivity index (χ4v) is 3.35. The molecule has 3 rings (SSSR count). The third-order valence-electron chi connectivity index (χ3n) is 4.42. The fourth-order valence-electron chi connectivity index (χ4n) is 3.35. The number of benzene rings is 1. The molecule has 2 heterocycles. The lowest BCUT2D eigenvalue weighted by Crippen LogP contribution is -2.40. The summed E-state index contributed by atoms with van der Waals surface area (Å²) in [6.45, 7) is 5.35. The molecule has 0 radical (unpaired) electrons. The minimum Gasteiger partial charge on any atom is -0.493 e. The Morgan fingerprint density at radius 1 is 1.43 bits per heavy atom. The molecule has 0 spiro atoms. The highest BCUT2D eigenvalue weighted by atomic mass is 16.7. The van der Waals surface area contributed by atoms with Crippen LogP contribution in [0.2, 0.25) is 0 Å². The molecule has 2 unspecified atom stereocenters. The van der Waals surface area contributed by atoms with Gasteiger partial charge in [-0.25, -0.2) is 0 Å². The number of rotatable bonds is 4. The first-order chi connectivity index (χ1) is 10.2. The summed E-state index contributed by atoms with van der Waals surface area (Å²) in [7, 11) is 1.65. The summed E-state index contributed by atoms with van der Waals surface area (Å²) < 4.78 is 16.4. The Morgan fingerprint density at radius 2 is 2.29 bits per heavy atom. The molecule has 0 saturated carbocycles. The van der Waals surface area contributed by atoms with Crippen molar-refractivity contribution in [2.45, 2.75) is 25.8 Å². The predicted octanol–water partition coefficient (Wildman–Crippen LogP) is 2.16. The largest absolute Gasteiger partial charge is 0.493 e. The van der Waals surface area contributed by atoms with Gasteiger partial charge in [-0.15, -0.1) is 0 Å². The van der Waals surface area contributed by atoms with Crippen molar-refractivity contribution in [2.75, 3.05) is 33.5 Å². The maximum Gasteiger partial charge on any atom is 0.231 e. The van der Waals surface area contributed by atoms with Gasteiger partial charge in [0.15, 0.2) is 11.5 Å². The van der Waals surface area contributed by atoms with Gasteiger partial charge in [0.1, 0.15) is 0 Å². The van der Waals surface area contributed by atoms with E-state index in [2.05, 4.69) is 11.8 Å². The van der Waals surface area contributed by atoms with Gasteiger partial charge in [0.25, 0.3) is 0 Å². The molecule has 1 aromatic carbocycles. The van der Waals surface area contributed by atoms with Crippen molar-refractivity contribution in [3.8, 4) is 17.2 Å². The highest BCUT2D eigenvalue weighted by molar-refractivity contribution is 5.55. The third kappa shape index (κ3) is 2.80. The number of hydrogen-bond donors (Lipinski definition) is 1. The van der Waals surface area contributed by atoms with E-state index in [4.69, 9.17) is 19.9 Å². The molecule has 21 heavy (non-hydrogen) atoms. The van der Waals surface area contributed by atoms with Gasteiger partial charge in [-0.2, -0.15) is 0 Å². The minimum atomic E-state index is 0.205. The molecule has 0 bridgehead atoms. The minimum absolute atomic E-state index is 0.205. The van der Waals surface area contributed by atoms with Crippen molar-refractivity contribution >= 4 is 0 Å². The van der Waals surface area contributed by atoms with Gasteiger partial charge in [-0.05, 0) is 43.0 Å². The molecule has 2 atom stereocenters. The van der Waals surface area contributed by atoms with E-state index in [-0.39, 0.29) is 12.8 Å². The second-order valence-electron chi connectivity index (χ2n) is 5.95. The number of piperidine rings is 1. The Labute approximate surface area is 126 Å². The van der Waals surface area contributed by atoms with Crippen LogP contribution in [0.4, 0.5) is 0 Å². The number of ether oxygens (including phenoxy) is 3. The Hall–Kier alpha value is -1.46. The Balaban J connectivity index is 1.90. The molecule has 116 valence electrons. The van der Waals surface area contributed by atoms with Gasteiger partial charge < -0.3 is 19.9 Å². The highest BCUT2D eigenvalue weighted by Crippen LogP contribution is 2.43. The summed E-state index contributed by atoms with van der Waals surface area (Å²) >= 11 is 0. The topological polar surface area (TPSA) is 57.0 Å². The van der Waals surface area contributed by atoms with E-state index in [0.717, 1.165) is 36.1 Å². The first kappa shape index (κ1) is 14.5. The van der Waals surface area contributed by atoms with E-state index < -0.39 is 0 Å². The first-order valence-corrected chi connectivity index (χ1v) is 7.64. The Kier molecular flexibility index (Phi) is 4.22. The van der Waals surface area contributed by atoms with Gasteiger partial charge in [0, 0.05) is 19.1 Å². The van der Waals surface area contributed by atoms with Crippen molar-refractivity contribution in [3.63, 3.8) is 0 Å². The second-order valence-corrected chi connectivity index (χ2v) is 5.95. The van der Waals surface area contributed by atoms with Gasteiger partial charge in [-0.1, -0.05) is 6.92 Å². The normalized spacial score (nSPS) is 23.1. The lowest BCUT2D eigenvalue weighted by Gasteiger charge is -2.37. The Morgan fingerprint density at radius 3 is 3.00 bits per heavy atom. The number of likely N-dealkylation sites (tertiary alicyclic amines) is 1. The molecule has 1 fully saturated rings. The maximum absolute atomic E-state index is 6.06. The summed E-state index contributed by atoms with van der Waals surface area (Å²) in [5, 5.41) is 0. The van der Waals surface area contributed by atoms with Crippen molar-refractivity contribution in [3.05, 3.63) is 17.7 Å². The quantitative estimate of drug-likeness (QED) is 0.921. The molecule has 2 aliphatic heterocycles. The van der Waals surface area contributed by atoms with Crippen LogP contribution in [0, 0.1) is 5.92 Å². The number of fused-ring (bicyclic) bond motifs is 1. The average molecular weight is 292 g/mol. The molecule has 1 aromatic rings. The van der Waals surface area contributed by atoms with Crippen LogP contribution in [-0.4, -0.2) is 38.4 Å². The SMILES string of the molecule is COc1cc(C(CN)N2CCCC(C)C2)cc2c1OCO2. The number of nitrogens with zero attached hydrogens (tertiary/aromatic N) is 1. The van der Waals surface area contributed by atoms with E-state index in [9.17, 15) is 0 Å². The second kappa shape index (κ2) is 6.12. The van der Waals surface area contributed by atoms with Crippen molar-refractivity contribution < 1.29 is 14.2 Å². The lowest BCUT2D eigenvalue weighted by molar-refractivity contribution is 0.133. The van der Waals surface area contributed by atoms with Gasteiger partial charge in [0.2, 0.25) is 12.5 Å². The monoisotopic (exact) mass is 292 g/mol. The predicted molar refractivity (Wildman–Crippen MR) is 80.9 cm³/mol. The van der Waals surface area contributed by atoms with Crippen LogP contribution in [0.25, 0.3) is 0 Å². The zero-order valence-electron chi connectivity index (χ0n) is 12.8. The van der Waals surface area contributed by atoms with E-state index in [0.29, 0.717) is 12.3 Å². The molecule has 0 amide bonds. The lowest BCUT2D eigenvalue weighted by atomic mass is 9.96. The molecular weight excluding hydrogens is 268 g/mol. The van der Waals surface area contributed by atoms with Gasteiger partial charge in [0.05, 0.1) is 7.11 Å². The summed E-state index contributed by atoms with van der Waals surface area (Å²) in [4.78, 5) is 2.48. The van der Waals surface area contributed by atoms with E-state index in [1.807, 2.05) is 12.1 Å². The number of methoxy groups -OCH3 is 1. The van der Waals surface area contributed by atoms with Crippen molar-refractivity contribution in [2.24, 2.45) is 11.7 Å².